The average Bonchev–Trinajstić information content (AvgIpc) is 2.87. The zero-order valence-corrected chi connectivity index (χ0v) is 16.9. The van der Waals surface area contributed by atoms with Gasteiger partial charge in [-0.1, -0.05) is 31.5 Å². The molecule has 1 heterocycles. The molecule has 0 saturated carbocycles. The number of aromatic nitrogens is 1. The summed E-state index contributed by atoms with van der Waals surface area (Å²) in [6.07, 6.45) is 1.57. The van der Waals surface area contributed by atoms with Crippen LogP contribution in [0.4, 0.5) is 0 Å². The molecule has 6 nitrogen and oxygen atoms in total. The number of hydrogen-bond acceptors (Lipinski definition) is 3. The van der Waals surface area contributed by atoms with Gasteiger partial charge in [-0.2, -0.15) is 5.10 Å². The van der Waals surface area contributed by atoms with Gasteiger partial charge in [-0.3, -0.25) is 9.59 Å². The molecule has 2 aromatic rings. The molecule has 0 spiro atoms. The largest absolute Gasteiger partial charge is 0.348 e. The highest BCUT2D eigenvalue weighted by atomic mass is 16.2. The van der Waals surface area contributed by atoms with Crippen molar-refractivity contribution in [3.63, 3.8) is 0 Å². The van der Waals surface area contributed by atoms with Crippen LogP contribution in [0.25, 0.3) is 5.69 Å². The van der Waals surface area contributed by atoms with E-state index in [1.54, 1.807) is 6.21 Å². The lowest BCUT2D eigenvalue weighted by atomic mass is 10.1. The van der Waals surface area contributed by atoms with E-state index in [-0.39, 0.29) is 5.92 Å². The predicted octanol–water partition coefficient (Wildman–Crippen LogP) is 2.93. The van der Waals surface area contributed by atoms with Crippen molar-refractivity contribution in [2.45, 2.75) is 41.5 Å². The van der Waals surface area contributed by atoms with Gasteiger partial charge in [0.25, 0.3) is 0 Å². The van der Waals surface area contributed by atoms with Gasteiger partial charge in [-0.15, -0.1) is 0 Å². The zero-order chi connectivity index (χ0) is 20.1. The Morgan fingerprint density at radius 1 is 1.11 bits per heavy atom. The summed E-state index contributed by atoms with van der Waals surface area (Å²) >= 11 is 0. The molecule has 0 aliphatic carbocycles. The Morgan fingerprint density at radius 3 is 2.44 bits per heavy atom. The first kappa shape index (κ1) is 20.4. The van der Waals surface area contributed by atoms with Crippen LogP contribution in [-0.2, 0) is 9.59 Å². The minimum absolute atomic E-state index is 0.279. The van der Waals surface area contributed by atoms with Crippen LogP contribution in [0.3, 0.4) is 0 Å². The third kappa shape index (κ3) is 5.06. The van der Waals surface area contributed by atoms with Crippen molar-refractivity contribution in [1.82, 2.24) is 15.3 Å². The first-order valence-electron chi connectivity index (χ1n) is 9.08. The summed E-state index contributed by atoms with van der Waals surface area (Å²) in [5.74, 6) is -1.17. The maximum atomic E-state index is 11.8. The van der Waals surface area contributed by atoms with Crippen LogP contribution in [0.1, 0.15) is 41.9 Å². The van der Waals surface area contributed by atoms with Crippen LogP contribution >= 0.6 is 0 Å². The van der Waals surface area contributed by atoms with Gasteiger partial charge < -0.3 is 9.88 Å². The quantitative estimate of drug-likeness (QED) is 0.484. The maximum Gasteiger partial charge on any atom is 0.329 e. The summed E-state index contributed by atoms with van der Waals surface area (Å²) in [6, 6.07) is 8.35. The van der Waals surface area contributed by atoms with E-state index in [0.717, 1.165) is 22.6 Å². The number of benzene rings is 1. The van der Waals surface area contributed by atoms with Gasteiger partial charge in [-0.05, 0) is 51.3 Å². The molecule has 1 aromatic carbocycles. The molecule has 2 amide bonds. The average molecular weight is 368 g/mol. The van der Waals surface area contributed by atoms with Gasteiger partial charge in [-0.25, -0.2) is 5.43 Å². The highest BCUT2D eigenvalue weighted by Crippen LogP contribution is 2.23. The molecule has 0 saturated heterocycles. The first-order valence-corrected chi connectivity index (χ1v) is 9.08. The summed E-state index contributed by atoms with van der Waals surface area (Å²) in [4.78, 5) is 23.4. The summed E-state index contributed by atoms with van der Waals surface area (Å²) < 4.78 is 2.16. The SMILES string of the molecule is Cc1ccc(-n2c(C)cc(/C=N\NC(=O)C(=O)NCC(C)C)c2C)c(C)c1. The van der Waals surface area contributed by atoms with Crippen molar-refractivity contribution in [2.24, 2.45) is 11.0 Å². The molecule has 2 rings (SSSR count). The van der Waals surface area contributed by atoms with Gasteiger partial charge >= 0.3 is 11.8 Å². The fraction of sp³-hybridized carbons (Fsp3) is 0.381. The van der Waals surface area contributed by atoms with Crippen LogP contribution in [0.2, 0.25) is 0 Å². The summed E-state index contributed by atoms with van der Waals surface area (Å²) in [7, 11) is 0. The molecular weight excluding hydrogens is 340 g/mol. The Bertz CT molecular complexity index is 879. The van der Waals surface area contributed by atoms with Crippen LogP contribution in [0, 0.1) is 33.6 Å². The lowest BCUT2D eigenvalue weighted by Gasteiger charge is -2.13. The molecule has 6 heteroatoms. The van der Waals surface area contributed by atoms with E-state index >= 15 is 0 Å². The van der Waals surface area contributed by atoms with E-state index in [2.05, 4.69) is 52.5 Å². The number of amides is 2. The fourth-order valence-corrected chi connectivity index (χ4v) is 2.93. The highest BCUT2D eigenvalue weighted by Gasteiger charge is 2.13. The molecule has 2 N–H and O–H groups in total. The number of nitrogens with one attached hydrogen (secondary N) is 2. The second-order valence-electron chi connectivity index (χ2n) is 7.25. The van der Waals surface area contributed by atoms with Gasteiger partial charge in [0.2, 0.25) is 0 Å². The lowest BCUT2D eigenvalue weighted by molar-refractivity contribution is -0.139. The Hall–Kier alpha value is -2.89. The molecule has 27 heavy (non-hydrogen) atoms. The number of carbonyl (C=O) groups excluding carboxylic acids is 2. The number of hydrazone groups is 1. The Labute approximate surface area is 160 Å². The lowest BCUT2D eigenvalue weighted by Crippen LogP contribution is -2.39. The molecule has 0 bridgehead atoms. The molecule has 0 aliphatic heterocycles. The molecular formula is C21H28N4O2. The van der Waals surface area contributed by atoms with Gasteiger partial charge in [0.15, 0.2) is 0 Å². The highest BCUT2D eigenvalue weighted by molar-refractivity contribution is 6.35. The Balaban J connectivity index is 2.13. The predicted molar refractivity (Wildman–Crippen MR) is 108 cm³/mol. The molecule has 0 atom stereocenters. The smallest absolute Gasteiger partial charge is 0.329 e. The standard InChI is InChI=1S/C21H28N4O2/c1-13(2)11-22-20(26)21(27)24-23-12-18-10-16(5)25(17(18)6)19-8-7-14(3)9-15(19)4/h7-10,12-13H,11H2,1-6H3,(H,22,26)(H,24,27)/b23-12-. The van der Waals surface area contributed by atoms with Crippen LogP contribution in [0.15, 0.2) is 29.4 Å². The number of hydrogen-bond donors (Lipinski definition) is 2. The first-order chi connectivity index (χ1) is 12.7. The number of nitrogens with zero attached hydrogens (tertiary/aromatic N) is 2. The fourth-order valence-electron chi connectivity index (χ4n) is 2.93. The van der Waals surface area contributed by atoms with Crippen LogP contribution in [-0.4, -0.2) is 29.1 Å². The maximum absolute atomic E-state index is 11.8. The monoisotopic (exact) mass is 368 g/mol. The Kier molecular flexibility index (Phi) is 6.55. The van der Waals surface area contributed by atoms with Crippen LogP contribution < -0.4 is 10.7 Å². The van der Waals surface area contributed by atoms with E-state index in [0.29, 0.717) is 6.54 Å². The van der Waals surface area contributed by atoms with E-state index in [1.807, 2.05) is 33.8 Å². The summed E-state index contributed by atoms with van der Waals surface area (Å²) in [5, 5.41) is 6.49. The van der Waals surface area contributed by atoms with Crippen molar-refractivity contribution in [3.05, 3.63) is 52.3 Å². The summed E-state index contributed by atoms with van der Waals surface area (Å²) in [5.41, 5.74) is 8.78. The molecule has 0 fully saturated rings. The third-order valence-corrected chi connectivity index (χ3v) is 4.31. The summed E-state index contributed by atoms with van der Waals surface area (Å²) in [6.45, 7) is 12.6. The molecule has 144 valence electrons. The van der Waals surface area contributed by atoms with Crippen LogP contribution in [0.5, 0.6) is 0 Å². The minimum Gasteiger partial charge on any atom is -0.348 e. The van der Waals surface area contributed by atoms with Gasteiger partial charge in [0.1, 0.15) is 0 Å². The third-order valence-electron chi connectivity index (χ3n) is 4.31. The second kappa shape index (κ2) is 8.66. The number of aryl methyl sites for hydroxylation is 3. The van der Waals surface area contributed by atoms with Crippen molar-refractivity contribution in [2.75, 3.05) is 6.54 Å². The number of carbonyl (C=O) groups is 2. The second-order valence-corrected chi connectivity index (χ2v) is 7.25. The minimum atomic E-state index is -0.768. The van der Waals surface area contributed by atoms with Crippen molar-refractivity contribution < 1.29 is 9.59 Å². The van der Waals surface area contributed by atoms with E-state index < -0.39 is 11.8 Å². The van der Waals surface area contributed by atoms with Crippen molar-refractivity contribution in [3.8, 4) is 5.69 Å². The molecule has 0 aliphatic rings. The topological polar surface area (TPSA) is 75.5 Å². The van der Waals surface area contributed by atoms with E-state index in [4.69, 9.17) is 0 Å². The number of rotatable bonds is 5. The van der Waals surface area contributed by atoms with E-state index in [1.165, 1.54) is 11.1 Å². The van der Waals surface area contributed by atoms with E-state index in [9.17, 15) is 9.59 Å². The van der Waals surface area contributed by atoms with Gasteiger partial charge in [0.05, 0.1) is 6.21 Å². The van der Waals surface area contributed by atoms with Crippen molar-refractivity contribution in [1.29, 1.82) is 0 Å². The zero-order valence-electron chi connectivity index (χ0n) is 16.9. The molecule has 0 radical (unpaired) electrons. The Morgan fingerprint density at radius 2 is 1.81 bits per heavy atom. The van der Waals surface area contributed by atoms with Gasteiger partial charge in [0, 0.05) is 29.2 Å². The van der Waals surface area contributed by atoms with Crippen molar-refractivity contribution >= 4 is 18.0 Å². The molecule has 0 unspecified atom stereocenters. The normalized spacial score (nSPS) is 11.2. The molecule has 1 aromatic heterocycles.